The highest BCUT2D eigenvalue weighted by Gasteiger charge is 2.09. The van der Waals surface area contributed by atoms with E-state index in [2.05, 4.69) is 9.97 Å². The van der Waals surface area contributed by atoms with Gasteiger partial charge in [0.05, 0.1) is 6.04 Å². The first-order valence-electron chi connectivity index (χ1n) is 4.18. The maximum atomic E-state index is 5.97. The van der Waals surface area contributed by atoms with Crippen LogP contribution in [0, 0.1) is 0 Å². The van der Waals surface area contributed by atoms with Gasteiger partial charge in [-0.3, -0.25) is 0 Å². The van der Waals surface area contributed by atoms with Crippen molar-refractivity contribution in [3.63, 3.8) is 0 Å². The molecule has 0 radical (unpaired) electrons. The molecule has 66 valence electrons. The van der Waals surface area contributed by atoms with Crippen LogP contribution in [-0.2, 0) is 0 Å². The fraction of sp³-hybridized carbons (Fsp3) is 0.100. The quantitative estimate of drug-likeness (QED) is 0.722. The van der Waals surface area contributed by atoms with Crippen molar-refractivity contribution >= 4 is 0 Å². The number of benzene rings is 1. The molecule has 1 aromatic heterocycles. The fourth-order valence-electron chi connectivity index (χ4n) is 1.27. The second-order valence-corrected chi connectivity index (χ2v) is 2.86. The lowest BCUT2D eigenvalue weighted by Crippen LogP contribution is -2.13. The zero-order valence-electron chi connectivity index (χ0n) is 7.14. The van der Waals surface area contributed by atoms with Crippen molar-refractivity contribution in [3.05, 3.63) is 54.1 Å². The number of aromatic amines is 1. The van der Waals surface area contributed by atoms with Crippen LogP contribution in [0.2, 0.25) is 0 Å². The normalized spacial score (nSPS) is 12.7. The molecule has 2 rings (SSSR count). The van der Waals surface area contributed by atoms with Crippen molar-refractivity contribution in [1.82, 2.24) is 9.97 Å². The Morgan fingerprint density at radius 2 is 2.00 bits per heavy atom. The van der Waals surface area contributed by atoms with Gasteiger partial charge in [0, 0.05) is 12.4 Å². The van der Waals surface area contributed by atoms with E-state index in [1.165, 1.54) is 0 Å². The van der Waals surface area contributed by atoms with Gasteiger partial charge in [0.2, 0.25) is 0 Å². The van der Waals surface area contributed by atoms with Crippen LogP contribution in [0.4, 0.5) is 0 Å². The number of hydrogen-bond acceptors (Lipinski definition) is 2. The zero-order valence-corrected chi connectivity index (χ0v) is 7.14. The van der Waals surface area contributed by atoms with Crippen LogP contribution in [0.1, 0.15) is 17.4 Å². The van der Waals surface area contributed by atoms with Gasteiger partial charge in [0.1, 0.15) is 5.82 Å². The summed E-state index contributed by atoms with van der Waals surface area (Å²) in [5, 5.41) is 0. The molecule has 13 heavy (non-hydrogen) atoms. The second kappa shape index (κ2) is 3.41. The van der Waals surface area contributed by atoms with E-state index in [4.69, 9.17) is 5.73 Å². The molecule has 2 aromatic rings. The number of nitrogens with one attached hydrogen (secondary N) is 1. The lowest BCUT2D eigenvalue weighted by Gasteiger charge is -2.07. The van der Waals surface area contributed by atoms with Gasteiger partial charge in [-0.25, -0.2) is 4.98 Å². The lowest BCUT2D eigenvalue weighted by molar-refractivity contribution is 0.801. The van der Waals surface area contributed by atoms with Gasteiger partial charge >= 0.3 is 0 Å². The Labute approximate surface area is 76.6 Å². The molecule has 1 aromatic carbocycles. The Kier molecular flexibility index (Phi) is 2.10. The Bertz CT molecular complexity index is 353. The Morgan fingerprint density at radius 3 is 2.62 bits per heavy atom. The van der Waals surface area contributed by atoms with Gasteiger partial charge in [-0.1, -0.05) is 30.3 Å². The first-order chi connectivity index (χ1) is 6.38. The summed E-state index contributed by atoms with van der Waals surface area (Å²) in [5.41, 5.74) is 7.03. The number of imidazole rings is 1. The topological polar surface area (TPSA) is 54.7 Å². The third-order valence-electron chi connectivity index (χ3n) is 1.97. The predicted molar refractivity (Wildman–Crippen MR) is 51.1 cm³/mol. The lowest BCUT2D eigenvalue weighted by atomic mass is 10.1. The Morgan fingerprint density at radius 1 is 1.23 bits per heavy atom. The van der Waals surface area contributed by atoms with Crippen molar-refractivity contribution in [2.24, 2.45) is 5.73 Å². The molecular weight excluding hydrogens is 162 g/mol. The molecule has 3 nitrogen and oxygen atoms in total. The van der Waals surface area contributed by atoms with Gasteiger partial charge in [-0.15, -0.1) is 0 Å². The van der Waals surface area contributed by atoms with Crippen molar-refractivity contribution in [2.45, 2.75) is 6.04 Å². The van der Waals surface area contributed by atoms with Crippen LogP contribution >= 0.6 is 0 Å². The smallest absolute Gasteiger partial charge is 0.127 e. The number of hydrogen-bond donors (Lipinski definition) is 2. The molecule has 0 aliphatic heterocycles. The highest BCUT2D eigenvalue weighted by atomic mass is 14.9. The molecule has 0 saturated heterocycles. The van der Waals surface area contributed by atoms with E-state index in [0.29, 0.717) is 0 Å². The zero-order chi connectivity index (χ0) is 9.10. The largest absolute Gasteiger partial charge is 0.347 e. The molecule has 3 heteroatoms. The van der Waals surface area contributed by atoms with E-state index in [1.54, 1.807) is 12.4 Å². The molecular formula is C10H11N3. The van der Waals surface area contributed by atoms with Crippen LogP contribution in [0.15, 0.2) is 42.7 Å². The Balaban J connectivity index is 2.29. The van der Waals surface area contributed by atoms with E-state index >= 15 is 0 Å². The summed E-state index contributed by atoms with van der Waals surface area (Å²) in [7, 11) is 0. The van der Waals surface area contributed by atoms with Gasteiger partial charge in [0.15, 0.2) is 0 Å². The average Bonchev–Trinajstić information content (AvgIpc) is 2.71. The average molecular weight is 173 g/mol. The molecule has 0 fully saturated rings. The summed E-state index contributed by atoms with van der Waals surface area (Å²) in [5.74, 6) is 0.797. The molecule has 0 bridgehead atoms. The third-order valence-corrected chi connectivity index (χ3v) is 1.97. The van der Waals surface area contributed by atoms with Crippen LogP contribution < -0.4 is 5.73 Å². The van der Waals surface area contributed by atoms with Crippen LogP contribution in [-0.4, -0.2) is 9.97 Å². The molecule has 0 aliphatic rings. The van der Waals surface area contributed by atoms with E-state index in [0.717, 1.165) is 11.4 Å². The molecule has 0 unspecified atom stereocenters. The number of nitrogens with zero attached hydrogens (tertiary/aromatic N) is 1. The summed E-state index contributed by atoms with van der Waals surface area (Å²) in [6.07, 6.45) is 3.48. The third kappa shape index (κ3) is 1.60. The van der Waals surface area contributed by atoms with E-state index in [1.807, 2.05) is 30.3 Å². The highest BCUT2D eigenvalue weighted by Crippen LogP contribution is 2.14. The van der Waals surface area contributed by atoms with E-state index in [-0.39, 0.29) is 6.04 Å². The minimum atomic E-state index is -0.156. The molecule has 0 aliphatic carbocycles. The van der Waals surface area contributed by atoms with E-state index < -0.39 is 0 Å². The first-order valence-corrected chi connectivity index (χ1v) is 4.18. The minimum Gasteiger partial charge on any atom is -0.347 e. The van der Waals surface area contributed by atoms with Crippen molar-refractivity contribution in [3.8, 4) is 0 Å². The number of aromatic nitrogens is 2. The molecule has 1 heterocycles. The van der Waals surface area contributed by atoms with E-state index in [9.17, 15) is 0 Å². The minimum absolute atomic E-state index is 0.156. The molecule has 0 spiro atoms. The maximum absolute atomic E-state index is 5.97. The van der Waals surface area contributed by atoms with Gasteiger partial charge in [0.25, 0.3) is 0 Å². The summed E-state index contributed by atoms with van der Waals surface area (Å²) in [6.45, 7) is 0. The van der Waals surface area contributed by atoms with Gasteiger partial charge < -0.3 is 10.7 Å². The van der Waals surface area contributed by atoms with Crippen molar-refractivity contribution < 1.29 is 0 Å². The second-order valence-electron chi connectivity index (χ2n) is 2.86. The number of nitrogens with two attached hydrogens (primary N) is 1. The summed E-state index contributed by atoms with van der Waals surface area (Å²) < 4.78 is 0. The SMILES string of the molecule is N[C@@H](c1ccccc1)c1ncc[nH]1. The Hall–Kier alpha value is -1.61. The maximum Gasteiger partial charge on any atom is 0.127 e. The fourth-order valence-corrected chi connectivity index (χ4v) is 1.27. The molecule has 1 atom stereocenters. The van der Waals surface area contributed by atoms with Crippen LogP contribution in [0.3, 0.4) is 0 Å². The monoisotopic (exact) mass is 173 g/mol. The first kappa shape index (κ1) is 8.01. The summed E-state index contributed by atoms with van der Waals surface area (Å²) in [4.78, 5) is 7.11. The van der Waals surface area contributed by atoms with Crippen LogP contribution in [0.25, 0.3) is 0 Å². The number of H-pyrrole nitrogens is 1. The molecule has 3 N–H and O–H groups in total. The molecule has 0 amide bonds. The van der Waals surface area contributed by atoms with Crippen LogP contribution in [0.5, 0.6) is 0 Å². The van der Waals surface area contributed by atoms with Gasteiger partial charge in [-0.05, 0) is 5.56 Å². The summed E-state index contributed by atoms with van der Waals surface area (Å²) in [6, 6.07) is 9.74. The summed E-state index contributed by atoms with van der Waals surface area (Å²) >= 11 is 0. The standard InChI is InChI=1S/C10H11N3/c11-9(10-12-6-7-13-10)8-4-2-1-3-5-8/h1-7,9H,11H2,(H,12,13)/t9-/m0/s1. The highest BCUT2D eigenvalue weighted by molar-refractivity contribution is 5.23. The van der Waals surface area contributed by atoms with Crippen molar-refractivity contribution in [1.29, 1.82) is 0 Å². The number of rotatable bonds is 2. The van der Waals surface area contributed by atoms with Crippen molar-refractivity contribution in [2.75, 3.05) is 0 Å². The predicted octanol–water partition coefficient (Wildman–Crippen LogP) is 1.46. The molecule has 0 saturated carbocycles. The van der Waals surface area contributed by atoms with Gasteiger partial charge in [-0.2, -0.15) is 0 Å².